The van der Waals surface area contributed by atoms with Gasteiger partial charge in [0, 0.05) is 16.5 Å². The number of aromatic hydroxyl groups is 1. The minimum absolute atomic E-state index is 0.00120. The molecule has 0 saturated heterocycles. The van der Waals surface area contributed by atoms with Gasteiger partial charge in [-0.05, 0) is 30.3 Å². The van der Waals surface area contributed by atoms with Gasteiger partial charge in [-0.15, -0.1) is 0 Å². The highest BCUT2D eigenvalue weighted by Gasteiger charge is 2.15. The Morgan fingerprint density at radius 3 is 2.80 bits per heavy atom. The van der Waals surface area contributed by atoms with Crippen molar-refractivity contribution in [1.29, 1.82) is 0 Å². The van der Waals surface area contributed by atoms with Crippen molar-refractivity contribution in [2.75, 3.05) is 0 Å². The van der Waals surface area contributed by atoms with Gasteiger partial charge < -0.3 is 9.52 Å². The van der Waals surface area contributed by atoms with Crippen molar-refractivity contribution in [3.63, 3.8) is 0 Å². The highest BCUT2D eigenvalue weighted by atomic mass is 35.5. The smallest absolute Gasteiger partial charge is 0.119 e. The lowest BCUT2D eigenvalue weighted by Gasteiger charge is -2.11. The molecule has 0 aliphatic carbocycles. The molecule has 0 saturated carbocycles. The van der Waals surface area contributed by atoms with Crippen molar-refractivity contribution in [3.8, 4) is 5.75 Å². The van der Waals surface area contributed by atoms with E-state index in [0.717, 1.165) is 11.3 Å². The largest absolute Gasteiger partial charge is 0.508 e. The summed E-state index contributed by atoms with van der Waals surface area (Å²) in [5.74, 6) is 1.05. The summed E-state index contributed by atoms with van der Waals surface area (Å²) in [7, 11) is 0. The third-order valence-corrected chi connectivity index (χ3v) is 2.66. The van der Waals surface area contributed by atoms with Gasteiger partial charge >= 0.3 is 0 Å². The monoisotopic (exact) mass is 222 g/mol. The quantitative estimate of drug-likeness (QED) is 0.839. The first-order valence-corrected chi connectivity index (χ1v) is 5.08. The predicted molar refractivity (Wildman–Crippen MR) is 59.3 cm³/mol. The Bertz CT molecular complexity index is 449. The summed E-state index contributed by atoms with van der Waals surface area (Å²) in [5, 5.41) is 10.3. The molecule has 0 aliphatic heterocycles. The number of hydrogen-bond acceptors (Lipinski definition) is 2. The third kappa shape index (κ3) is 2.00. The van der Waals surface area contributed by atoms with E-state index in [4.69, 9.17) is 16.0 Å². The molecular formula is C12H11ClO2. The van der Waals surface area contributed by atoms with E-state index in [1.54, 1.807) is 24.5 Å². The molecule has 3 heteroatoms. The second-order valence-corrected chi connectivity index (χ2v) is 3.88. The molecule has 2 aromatic rings. The molecule has 15 heavy (non-hydrogen) atoms. The third-order valence-electron chi connectivity index (χ3n) is 2.43. The number of halogens is 1. The Hall–Kier alpha value is -1.41. The van der Waals surface area contributed by atoms with Crippen LogP contribution in [0, 0.1) is 0 Å². The van der Waals surface area contributed by atoms with Crippen molar-refractivity contribution in [2.24, 2.45) is 0 Å². The second-order valence-electron chi connectivity index (χ2n) is 3.44. The summed E-state index contributed by atoms with van der Waals surface area (Å²) in [6.45, 7) is 1.96. The molecule has 1 aromatic carbocycles. The maximum atomic E-state index is 9.70. The van der Waals surface area contributed by atoms with E-state index in [1.165, 1.54) is 0 Å². The molecule has 1 aromatic heterocycles. The minimum Gasteiger partial charge on any atom is -0.508 e. The van der Waals surface area contributed by atoms with E-state index in [9.17, 15) is 5.11 Å². The van der Waals surface area contributed by atoms with Crippen molar-refractivity contribution in [2.45, 2.75) is 12.8 Å². The summed E-state index contributed by atoms with van der Waals surface area (Å²) >= 11 is 5.88. The van der Waals surface area contributed by atoms with Gasteiger partial charge in [0.2, 0.25) is 0 Å². The second kappa shape index (κ2) is 3.99. The Kier molecular flexibility index (Phi) is 2.69. The molecule has 78 valence electrons. The molecule has 0 unspecified atom stereocenters. The van der Waals surface area contributed by atoms with E-state index in [2.05, 4.69) is 0 Å². The van der Waals surface area contributed by atoms with Gasteiger partial charge in [0.15, 0.2) is 0 Å². The van der Waals surface area contributed by atoms with Crippen LogP contribution in [0.3, 0.4) is 0 Å². The number of phenolic OH excluding ortho intramolecular Hbond substituents is 1. The zero-order valence-corrected chi connectivity index (χ0v) is 9.03. The zero-order chi connectivity index (χ0) is 10.8. The van der Waals surface area contributed by atoms with Crippen LogP contribution in [0.1, 0.15) is 24.2 Å². The topological polar surface area (TPSA) is 33.4 Å². The highest BCUT2D eigenvalue weighted by Crippen LogP contribution is 2.32. The van der Waals surface area contributed by atoms with Gasteiger partial charge in [0.25, 0.3) is 0 Å². The molecule has 1 N–H and O–H groups in total. The van der Waals surface area contributed by atoms with Crippen molar-refractivity contribution < 1.29 is 9.52 Å². The predicted octanol–water partition coefficient (Wildman–Crippen LogP) is 3.79. The molecule has 1 heterocycles. The average Bonchev–Trinajstić information content (AvgIpc) is 2.74. The molecule has 0 amide bonds. The van der Waals surface area contributed by atoms with E-state index in [-0.39, 0.29) is 11.7 Å². The maximum absolute atomic E-state index is 9.70. The van der Waals surface area contributed by atoms with Crippen molar-refractivity contribution in [3.05, 3.63) is 52.9 Å². The van der Waals surface area contributed by atoms with E-state index in [1.807, 2.05) is 19.1 Å². The number of benzene rings is 1. The Balaban J connectivity index is 2.41. The first-order chi connectivity index (χ1) is 7.18. The van der Waals surface area contributed by atoms with Crippen LogP contribution in [0.15, 0.2) is 41.0 Å². The lowest BCUT2D eigenvalue weighted by atomic mass is 9.98. The van der Waals surface area contributed by atoms with Gasteiger partial charge in [-0.25, -0.2) is 0 Å². The van der Waals surface area contributed by atoms with Crippen molar-refractivity contribution in [1.82, 2.24) is 0 Å². The molecular weight excluding hydrogens is 212 g/mol. The summed E-state index contributed by atoms with van der Waals surface area (Å²) in [5.41, 5.74) is 0.775. The molecule has 0 spiro atoms. The lowest BCUT2D eigenvalue weighted by Crippen LogP contribution is -1.94. The fraction of sp³-hybridized carbons (Fsp3) is 0.167. The summed E-state index contributed by atoms with van der Waals surface area (Å²) in [6.07, 6.45) is 1.62. The fourth-order valence-corrected chi connectivity index (χ4v) is 1.74. The van der Waals surface area contributed by atoms with E-state index >= 15 is 0 Å². The maximum Gasteiger partial charge on any atom is 0.119 e. The van der Waals surface area contributed by atoms with Gasteiger partial charge in [-0.3, -0.25) is 0 Å². The van der Waals surface area contributed by atoms with Crippen LogP contribution in [-0.4, -0.2) is 5.11 Å². The van der Waals surface area contributed by atoms with Crippen LogP contribution in [0.2, 0.25) is 5.02 Å². The number of furan rings is 1. The molecule has 0 fully saturated rings. The van der Waals surface area contributed by atoms with Gasteiger partial charge in [-0.1, -0.05) is 18.5 Å². The molecule has 1 atom stereocenters. The summed E-state index contributed by atoms with van der Waals surface area (Å²) in [6, 6.07) is 8.72. The number of rotatable bonds is 2. The summed E-state index contributed by atoms with van der Waals surface area (Å²) in [4.78, 5) is 0. The normalized spacial score (nSPS) is 12.7. The average molecular weight is 223 g/mol. The van der Waals surface area contributed by atoms with Crippen LogP contribution in [-0.2, 0) is 0 Å². The number of hydrogen-bond donors (Lipinski definition) is 1. The SMILES string of the molecule is C[C@@H](c1ccco1)c1cc(Cl)ccc1O. The molecule has 0 aliphatic rings. The molecule has 0 radical (unpaired) electrons. The highest BCUT2D eigenvalue weighted by molar-refractivity contribution is 6.30. The Morgan fingerprint density at radius 1 is 1.33 bits per heavy atom. The van der Waals surface area contributed by atoms with E-state index < -0.39 is 0 Å². The molecule has 2 rings (SSSR count). The van der Waals surface area contributed by atoms with Crippen LogP contribution in [0.5, 0.6) is 5.75 Å². The van der Waals surface area contributed by atoms with Gasteiger partial charge in [0.05, 0.1) is 6.26 Å². The zero-order valence-electron chi connectivity index (χ0n) is 8.27. The molecule has 2 nitrogen and oxygen atoms in total. The Labute approximate surface area is 93.1 Å². The Morgan fingerprint density at radius 2 is 2.13 bits per heavy atom. The van der Waals surface area contributed by atoms with Crippen molar-refractivity contribution >= 4 is 11.6 Å². The van der Waals surface area contributed by atoms with E-state index in [0.29, 0.717) is 5.02 Å². The first kappa shape index (κ1) is 10.1. The lowest BCUT2D eigenvalue weighted by molar-refractivity contribution is 0.452. The van der Waals surface area contributed by atoms with Gasteiger partial charge in [0.1, 0.15) is 11.5 Å². The first-order valence-electron chi connectivity index (χ1n) is 4.70. The van der Waals surface area contributed by atoms with Crippen LogP contribution in [0.25, 0.3) is 0 Å². The molecule has 0 bridgehead atoms. The van der Waals surface area contributed by atoms with Crippen LogP contribution in [0.4, 0.5) is 0 Å². The summed E-state index contributed by atoms with van der Waals surface area (Å²) < 4.78 is 5.29. The standard InChI is InChI=1S/C12H11ClO2/c1-8(12-3-2-6-15-12)10-7-9(13)4-5-11(10)14/h2-8,14H,1H3/t8-/m1/s1. The number of phenols is 1. The minimum atomic E-state index is -0.00120. The fourth-order valence-electron chi connectivity index (χ4n) is 1.56. The van der Waals surface area contributed by atoms with Crippen LogP contribution >= 0.6 is 11.6 Å². The van der Waals surface area contributed by atoms with Crippen LogP contribution < -0.4 is 0 Å². The van der Waals surface area contributed by atoms with Gasteiger partial charge in [-0.2, -0.15) is 0 Å².